The average Bonchev–Trinajstić information content (AvgIpc) is 2.27. The number of ether oxygens (including phenoxy) is 2. The third kappa shape index (κ3) is 4.70. The van der Waals surface area contributed by atoms with E-state index in [4.69, 9.17) is 9.47 Å². The van der Waals surface area contributed by atoms with Crippen molar-refractivity contribution in [3.05, 3.63) is 18.0 Å². The molecule has 0 aliphatic heterocycles. The van der Waals surface area contributed by atoms with Crippen molar-refractivity contribution in [1.82, 2.24) is 15.3 Å². The first-order valence-corrected chi connectivity index (χ1v) is 4.90. The summed E-state index contributed by atoms with van der Waals surface area (Å²) in [6.07, 6.45) is 1.58. The summed E-state index contributed by atoms with van der Waals surface area (Å²) in [5.41, 5.74) is 0.796. The standard InChI is InChI=1S/C10H15N3O3/c1-8-3-4-12-10(13-8)16-7-9(14)11-5-6-15-2/h3-4H,5-7H2,1-2H3,(H,11,14). The summed E-state index contributed by atoms with van der Waals surface area (Å²) < 4.78 is 9.89. The SMILES string of the molecule is COCCNC(=O)COc1nccc(C)n1. The molecule has 0 radical (unpaired) electrons. The van der Waals surface area contributed by atoms with Crippen LogP contribution in [0.3, 0.4) is 0 Å². The van der Waals surface area contributed by atoms with E-state index in [0.717, 1.165) is 5.69 Å². The Morgan fingerprint density at radius 2 is 2.38 bits per heavy atom. The third-order valence-electron chi connectivity index (χ3n) is 1.73. The second kappa shape index (κ2) is 6.73. The van der Waals surface area contributed by atoms with Crippen LogP contribution < -0.4 is 10.1 Å². The molecule has 0 aliphatic carbocycles. The fourth-order valence-electron chi connectivity index (χ4n) is 0.969. The minimum absolute atomic E-state index is 0.0901. The molecule has 0 saturated heterocycles. The minimum atomic E-state index is -0.220. The number of carbonyl (C=O) groups excluding carboxylic acids is 1. The van der Waals surface area contributed by atoms with Gasteiger partial charge in [-0.3, -0.25) is 4.79 Å². The van der Waals surface area contributed by atoms with Gasteiger partial charge in [0.05, 0.1) is 6.61 Å². The molecule has 1 aromatic rings. The zero-order valence-electron chi connectivity index (χ0n) is 9.40. The number of amides is 1. The lowest BCUT2D eigenvalue weighted by atomic mass is 10.5. The number of methoxy groups -OCH3 is 1. The molecule has 0 aromatic carbocycles. The molecule has 1 heterocycles. The van der Waals surface area contributed by atoms with E-state index in [-0.39, 0.29) is 18.5 Å². The summed E-state index contributed by atoms with van der Waals surface area (Å²) in [6, 6.07) is 1.97. The third-order valence-corrected chi connectivity index (χ3v) is 1.73. The Morgan fingerprint density at radius 1 is 1.56 bits per heavy atom. The van der Waals surface area contributed by atoms with Crippen molar-refractivity contribution in [2.24, 2.45) is 0 Å². The van der Waals surface area contributed by atoms with E-state index in [9.17, 15) is 4.79 Å². The predicted molar refractivity (Wildman–Crippen MR) is 57.1 cm³/mol. The Kier molecular flexibility index (Phi) is 5.21. The maximum atomic E-state index is 11.2. The fourth-order valence-corrected chi connectivity index (χ4v) is 0.969. The van der Waals surface area contributed by atoms with Crippen LogP contribution in [-0.2, 0) is 9.53 Å². The molecule has 1 N–H and O–H groups in total. The molecule has 0 fully saturated rings. The van der Waals surface area contributed by atoms with Crippen molar-refractivity contribution < 1.29 is 14.3 Å². The van der Waals surface area contributed by atoms with E-state index < -0.39 is 0 Å². The molecule has 0 aliphatic rings. The molecule has 0 spiro atoms. The van der Waals surface area contributed by atoms with E-state index in [1.54, 1.807) is 19.4 Å². The van der Waals surface area contributed by atoms with Crippen molar-refractivity contribution in [3.63, 3.8) is 0 Å². The van der Waals surface area contributed by atoms with E-state index in [0.29, 0.717) is 13.2 Å². The Bertz CT molecular complexity index is 344. The largest absolute Gasteiger partial charge is 0.453 e. The molecule has 16 heavy (non-hydrogen) atoms. The lowest BCUT2D eigenvalue weighted by molar-refractivity contribution is -0.123. The molecule has 6 nitrogen and oxygen atoms in total. The van der Waals surface area contributed by atoms with Crippen LogP contribution in [0.1, 0.15) is 5.69 Å². The number of carbonyl (C=O) groups is 1. The summed E-state index contributed by atoms with van der Waals surface area (Å²) in [6.45, 7) is 2.68. The Hall–Kier alpha value is -1.69. The van der Waals surface area contributed by atoms with Crippen LogP contribution >= 0.6 is 0 Å². The van der Waals surface area contributed by atoms with Gasteiger partial charge in [0.1, 0.15) is 0 Å². The van der Waals surface area contributed by atoms with Gasteiger partial charge in [0, 0.05) is 25.5 Å². The van der Waals surface area contributed by atoms with E-state index in [1.165, 1.54) is 0 Å². The Morgan fingerprint density at radius 3 is 3.06 bits per heavy atom. The van der Waals surface area contributed by atoms with Crippen molar-refractivity contribution in [3.8, 4) is 6.01 Å². The Balaban J connectivity index is 2.26. The first kappa shape index (κ1) is 12.4. The maximum absolute atomic E-state index is 11.2. The van der Waals surface area contributed by atoms with E-state index in [2.05, 4.69) is 15.3 Å². The lowest BCUT2D eigenvalue weighted by Gasteiger charge is -2.05. The summed E-state index contributed by atoms with van der Waals surface area (Å²) in [7, 11) is 1.57. The van der Waals surface area contributed by atoms with Crippen molar-refractivity contribution in [2.75, 3.05) is 26.9 Å². The summed E-state index contributed by atoms with van der Waals surface area (Å²) >= 11 is 0. The van der Waals surface area contributed by atoms with Gasteiger partial charge in [-0.1, -0.05) is 0 Å². The minimum Gasteiger partial charge on any atom is -0.453 e. The zero-order chi connectivity index (χ0) is 11.8. The van der Waals surface area contributed by atoms with Crippen molar-refractivity contribution >= 4 is 5.91 Å². The second-order valence-corrected chi connectivity index (χ2v) is 3.11. The Labute approximate surface area is 94.0 Å². The number of hydrogen-bond donors (Lipinski definition) is 1. The quantitative estimate of drug-likeness (QED) is 0.686. The number of nitrogens with one attached hydrogen (secondary N) is 1. The van der Waals surface area contributed by atoms with Gasteiger partial charge in [-0.15, -0.1) is 0 Å². The number of aryl methyl sites for hydroxylation is 1. The smallest absolute Gasteiger partial charge is 0.317 e. The molecule has 88 valence electrons. The molecular formula is C10H15N3O3. The van der Waals surface area contributed by atoms with E-state index in [1.807, 2.05) is 6.92 Å². The maximum Gasteiger partial charge on any atom is 0.317 e. The van der Waals surface area contributed by atoms with E-state index >= 15 is 0 Å². The van der Waals surface area contributed by atoms with Crippen LogP contribution in [0, 0.1) is 6.92 Å². The van der Waals surface area contributed by atoms with Crippen LogP contribution in [0.4, 0.5) is 0 Å². The molecule has 0 bridgehead atoms. The van der Waals surface area contributed by atoms with Crippen LogP contribution in [0.5, 0.6) is 6.01 Å². The van der Waals surface area contributed by atoms with Gasteiger partial charge in [-0.2, -0.15) is 0 Å². The molecule has 1 amide bonds. The highest BCUT2D eigenvalue weighted by molar-refractivity contribution is 5.77. The summed E-state index contributed by atoms with van der Waals surface area (Å²) in [5, 5.41) is 2.62. The normalized spacial score (nSPS) is 9.88. The van der Waals surface area contributed by atoms with Crippen LogP contribution in [0.25, 0.3) is 0 Å². The summed E-state index contributed by atoms with van der Waals surface area (Å²) in [4.78, 5) is 19.1. The van der Waals surface area contributed by atoms with Gasteiger partial charge in [0.2, 0.25) is 0 Å². The van der Waals surface area contributed by atoms with Crippen LogP contribution in [0.2, 0.25) is 0 Å². The first-order valence-electron chi connectivity index (χ1n) is 4.90. The molecule has 0 unspecified atom stereocenters. The van der Waals surface area contributed by atoms with Gasteiger partial charge in [0.15, 0.2) is 6.61 Å². The lowest BCUT2D eigenvalue weighted by Crippen LogP contribution is -2.31. The van der Waals surface area contributed by atoms with Crippen LogP contribution in [0.15, 0.2) is 12.3 Å². The zero-order valence-corrected chi connectivity index (χ0v) is 9.40. The molecular weight excluding hydrogens is 210 g/mol. The number of hydrogen-bond acceptors (Lipinski definition) is 5. The fraction of sp³-hybridized carbons (Fsp3) is 0.500. The molecule has 0 atom stereocenters. The number of aromatic nitrogens is 2. The van der Waals surface area contributed by atoms with Crippen molar-refractivity contribution in [2.45, 2.75) is 6.92 Å². The van der Waals surface area contributed by atoms with Gasteiger partial charge < -0.3 is 14.8 Å². The first-order chi connectivity index (χ1) is 7.72. The number of nitrogens with zero attached hydrogens (tertiary/aromatic N) is 2. The second-order valence-electron chi connectivity index (χ2n) is 3.11. The van der Waals surface area contributed by atoms with Gasteiger partial charge >= 0.3 is 6.01 Å². The average molecular weight is 225 g/mol. The van der Waals surface area contributed by atoms with Gasteiger partial charge in [-0.25, -0.2) is 9.97 Å². The molecule has 1 aromatic heterocycles. The van der Waals surface area contributed by atoms with Gasteiger partial charge in [0.25, 0.3) is 5.91 Å². The monoisotopic (exact) mass is 225 g/mol. The van der Waals surface area contributed by atoms with Crippen LogP contribution in [-0.4, -0.2) is 42.7 Å². The highest BCUT2D eigenvalue weighted by Gasteiger charge is 2.03. The van der Waals surface area contributed by atoms with Crippen molar-refractivity contribution in [1.29, 1.82) is 0 Å². The molecule has 0 saturated carbocycles. The summed E-state index contributed by atoms with van der Waals surface area (Å²) in [5.74, 6) is -0.220. The number of rotatable bonds is 6. The highest BCUT2D eigenvalue weighted by atomic mass is 16.5. The van der Waals surface area contributed by atoms with Gasteiger partial charge in [-0.05, 0) is 13.0 Å². The molecule has 6 heteroatoms. The topological polar surface area (TPSA) is 73.3 Å². The molecule has 1 rings (SSSR count). The predicted octanol–water partition coefficient (Wildman–Crippen LogP) is -0.0736. The highest BCUT2D eigenvalue weighted by Crippen LogP contribution is 2.00.